The summed E-state index contributed by atoms with van der Waals surface area (Å²) in [6.07, 6.45) is 3.56. The quantitative estimate of drug-likeness (QED) is 0.801. The first-order valence-electron chi connectivity index (χ1n) is 7.07. The minimum atomic E-state index is -3.37. The Morgan fingerprint density at radius 3 is 2.40 bits per heavy atom. The summed E-state index contributed by atoms with van der Waals surface area (Å²) in [6.45, 7) is 5.66. The first-order chi connectivity index (χ1) is 9.36. The summed E-state index contributed by atoms with van der Waals surface area (Å²) in [7, 11) is -1.55. The number of hydrogen-bond acceptors (Lipinski definition) is 2. The Morgan fingerprint density at radius 2 is 1.95 bits per heavy atom. The summed E-state index contributed by atoms with van der Waals surface area (Å²) in [5.74, 6) is 1.58. The number of sulfonamides is 1. The van der Waals surface area contributed by atoms with Gasteiger partial charge in [0.2, 0.25) is 10.0 Å². The third kappa shape index (κ3) is 3.05. The second-order valence-corrected chi connectivity index (χ2v) is 8.10. The minimum Gasteiger partial charge on any atom is -0.352 e. The Bertz CT molecular complexity index is 558. The summed E-state index contributed by atoms with van der Waals surface area (Å²) >= 11 is 5.81. The van der Waals surface area contributed by atoms with Crippen LogP contribution < -0.4 is 0 Å². The number of halogens is 1. The lowest BCUT2D eigenvalue weighted by Crippen LogP contribution is -2.39. The molecule has 0 bridgehead atoms. The van der Waals surface area contributed by atoms with Gasteiger partial charge < -0.3 is 4.57 Å². The molecule has 0 saturated carbocycles. The van der Waals surface area contributed by atoms with Gasteiger partial charge in [0, 0.05) is 32.0 Å². The van der Waals surface area contributed by atoms with Gasteiger partial charge in [0.1, 0.15) is 4.90 Å². The topological polar surface area (TPSA) is 42.3 Å². The van der Waals surface area contributed by atoms with Crippen molar-refractivity contribution in [3.63, 3.8) is 0 Å². The highest BCUT2D eigenvalue weighted by atomic mass is 35.5. The van der Waals surface area contributed by atoms with Crippen LogP contribution >= 0.6 is 11.6 Å². The lowest BCUT2D eigenvalue weighted by molar-refractivity contribution is 0.226. The van der Waals surface area contributed by atoms with Crippen molar-refractivity contribution in [1.29, 1.82) is 0 Å². The molecule has 20 heavy (non-hydrogen) atoms. The van der Waals surface area contributed by atoms with Crippen molar-refractivity contribution in [2.24, 2.45) is 18.9 Å². The van der Waals surface area contributed by atoms with E-state index in [0.29, 0.717) is 35.7 Å². The molecule has 1 aromatic rings. The summed E-state index contributed by atoms with van der Waals surface area (Å²) in [6, 6.07) is 1.68. The maximum absolute atomic E-state index is 12.6. The number of nitrogens with zero attached hydrogens (tertiary/aromatic N) is 2. The highest BCUT2D eigenvalue weighted by Crippen LogP contribution is 2.28. The lowest BCUT2D eigenvalue weighted by atomic mass is 9.87. The van der Waals surface area contributed by atoms with Crippen LogP contribution in [0.5, 0.6) is 0 Å². The second-order valence-electron chi connectivity index (χ2n) is 5.90. The van der Waals surface area contributed by atoms with Gasteiger partial charge in [0.15, 0.2) is 0 Å². The molecule has 2 heterocycles. The molecule has 0 radical (unpaired) electrons. The van der Waals surface area contributed by atoms with Crippen LogP contribution in [-0.4, -0.2) is 30.4 Å². The molecule has 114 valence electrons. The van der Waals surface area contributed by atoms with E-state index in [4.69, 9.17) is 11.6 Å². The van der Waals surface area contributed by atoms with Gasteiger partial charge in [0.05, 0.1) is 5.88 Å². The van der Waals surface area contributed by atoms with Crippen LogP contribution in [0.4, 0.5) is 0 Å². The Kier molecular flexibility index (Phi) is 4.82. The molecule has 1 aliphatic rings. The molecular weight excluding hydrogens is 296 g/mol. The zero-order chi connectivity index (χ0) is 14.9. The van der Waals surface area contributed by atoms with Gasteiger partial charge in [-0.3, -0.25) is 0 Å². The molecular formula is C14H23ClN2O2S. The van der Waals surface area contributed by atoms with Crippen molar-refractivity contribution in [3.05, 3.63) is 18.0 Å². The summed E-state index contributed by atoms with van der Waals surface area (Å²) < 4.78 is 28.6. The van der Waals surface area contributed by atoms with E-state index < -0.39 is 10.0 Å². The molecule has 2 rings (SSSR count). The molecule has 1 saturated heterocycles. The van der Waals surface area contributed by atoms with Crippen molar-refractivity contribution in [2.45, 2.75) is 37.5 Å². The first kappa shape index (κ1) is 15.9. The van der Waals surface area contributed by atoms with Gasteiger partial charge in [0.25, 0.3) is 0 Å². The second kappa shape index (κ2) is 6.08. The monoisotopic (exact) mass is 318 g/mol. The van der Waals surface area contributed by atoms with Crippen LogP contribution in [-0.2, 0) is 23.0 Å². The van der Waals surface area contributed by atoms with E-state index >= 15 is 0 Å². The largest absolute Gasteiger partial charge is 0.352 e. The van der Waals surface area contributed by atoms with Gasteiger partial charge in [-0.25, -0.2) is 8.42 Å². The van der Waals surface area contributed by atoms with Gasteiger partial charge in [-0.1, -0.05) is 13.8 Å². The van der Waals surface area contributed by atoms with Crippen molar-refractivity contribution in [2.75, 3.05) is 13.1 Å². The molecule has 6 heteroatoms. The molecule has 0 aliphatic carbocycles. The highest BCUT2D eigenvalue weighted by molar-refractivity contribution is 7.89. The smallest absolute Gasteiger partial charge is 0.244 e. The predicted molar refractivity (Wildman–Crippen MR) is 81.3 cm³/mol. The third-order valence-electron chi connectivity index (χ3n) is 4.30. The highest BCUT2D eigenvalue weighted by Gasteiger charge is 2.31. The standard InChI is InChI=1S/C14H23ClN2O2S/c1-11(2)12-4-6-17(7-5-12)20(18,19)14-8-13(9-15)16(3)10-14/h8,10-12H,4-7,9H2,1-3H3. The van der Waals surface area contributed by atoms with Crippen LogP contribution in [0.15, 0.2) is 17.2 Å². The summed E-state index contributed by atoms with van der Waals surface area (Å²) in [4.78, 5) is 0.360. The van der Waals surface area contributed by atoms with Crippen LogP contribution in [0.25, 0.3) is 0 Å². The first-order valence-corrected chi connectivity index (χ1v) is 9.05. The number of aryl methyl sites for hydroxylation is 1. The average Bonchev–Trinajstić information content (AvgIpc) is 2.80. The van der Waals surface area contributed by atoms with Crippen LogP contribution in [0.2, 0.25) is 0 Å². The fraction of sp³-hybridized carbons (Fsp3) is 0.714. The van der Waals surface area contributed by atoms with E-state index in [1.807, 2.05) is 7.05 Å². The number of rotatable bonds is 4. The summed E-state index contributed by atoms with van der Waals surface area (Å²) in [5.41, 5.74) is 0.822. The van der Waals surface area contributed by atoms with Crippen molar-refractivity contribution in [1.82, 2.24) is 8.87 Å². The molecule has 0 spiro atoms. The number of hydrogen-bond donors (Lipinski definition) is 0. The Balaban J connectivity index is 2.15. The molecule has 1 aromatic heterocycles. The maximum Gasteiger partial charge on any atom is 0.244 e. The van der Waals surface area contributed by atoms with E-state index in [-0.39, 0.29) is 0 Å². The van der Waals surface area contributed by atoms with Gasteiger partial charge in [-0.15, -0.1) is 11.6 Å². The number of aromatic nitrogens is 1. The zero-order valence-electron chi connectivity index (χ0n) is 12.3. The van der Waals surface area contributed by atoms with E-state index in [2.05, 4.69) is 13.8 Å². The van der Waals surface area contributed by atoms with Gasteiger partial charge in [-0.05, 0) is 30.7 Å². The molecule has 4 nitrogen and oxygen atoms in total. The predicted octanol–water partition coefficient (Wildman–Crippen LogP) is 2.82. The normalized spacial score (nSPS) is 18.9. The van der Waals surface area contributed by atoms with Crippen LogP contribution in [0, 0.1) is 11.8 Å². The molecule has 1 aliphatic heterocycles. The number of alkyl halides is 1. The fourth-order valence-corrected chi connectivity index (χ4v) is 4.61. The maximum atomic E-state index is 12.6. The molecule has 0 amide bonds. The lowest BCUT2D eigenvalue weighted by Gasteiger charge is -2.32. The number of piperidine rings is 1. The molecule has 1 fully saturated rings. The molecule has 0 aromatic carbocycles. The fourth-order valence-electron chi connectivity index (χ4n) is 2.78. The third-order valence-corrected chi connectivity index (χ3v) is 6.44. The van der Waals surface area contributed by atoms with Gasteiger partial charge >= 0.3 is 0 Å². The van der Waals surface area contributed by atoms with Crippen molar-refractivity contribution < 1.29 is 8.42 Å². The molecule has 0 unspecified atom stereocenters. The minimum absolute atomic E-state index is 0.321. The van der Waals surface area contributed by atoms with E-state index in [9.17, 15) is 8.42 Å². The Labute approximate surface area is 126 Å². The van der Waals surface area contributed by atoms with E-state index in [1.54, 1.807) is 21.1 Å². The SMILES string of the molecule is CC(C)C1CCN(S(=O)(=O)c2cc(CCl)n(C)c2)CC1. The Hall–Kier alpha value is -0.520. The molecule has 0 atom stereocenters. The zero-order valence-corrected chi connectivity index (χ0v) is 13.9. The van der Waals surface area contributed by atoms with Crippen LogP contribution in [0.3, 0.4) is 0 Å². The van der Waals surface area contributed by atoms with E-state index in [1.165, 1.54) is 0 Å². The Morgan fingerprint density at radius 1 is 1.35 bits per heavy atom. The average molecular weight is 319 g/mol. The molecule has 0 N–H and O–H groups in total. The van der Waals surface area contributed by atoms with E-state index in [0.717, 1.165) is 18.5 Å². The van der Waals surface area contributed by atoms with Gasteiger partial charge in [-0.2, -0.15) is 4.31 Å². The van der Waals surface area contributed by atoms with Crippen LogP contribution in [0.1, 0.15) is 32.4 Å². The van der Waals surface area contributed by atoms with Crippen molar-refractivity contribution in [3.8, 4) is 0 Å². The van der Waals surface area contributed by atoms with Crippen molar-refractivity contribution >= 4 is 21.6 Å². The summed E-state index contributed by atoms with van der Waals surface area (Å²) in [5, 5.41) is 0.